The number of rotatable bonds is 4. The fourth-order valence-corrected chi connectivity index (χ4v) is 1.60. The fourth-order valence-electron chi connectivity index (χ4n) is 1.60. The lowest BCUT2D eigenvalue weighted by Gasteiger charge is -2.05. The lowest BCUT2D eigenvalue weighted by Crippen LogP contribution is -2.27. The number of amides is 1. The zero-order valence-corrected chi connectivity index (χ0v) is 10.4. The standard InChI is InChI=1S/C13H12F3N3O/c14-13(15,16)11-6-7-19(18-11)9-12(20)17-8-10-4-2-1-3-5-10/h1-7H,8-9H2,(H,17,20). The fraction of sp³-hybridized carbons (Fsp3) is 0.231. The molecule has 0 radical (unpaired) electrons. The third-order valence-corrected chi connectivity index (χ3v) is 2.57. The summed E-state index contributed by atoms with van der Waals surface area (Å²) < 4.78 is 38.0. The van der Waals surface area contributed by atoms with Crippen LogP contribution in [0.4, 0.5) is 13.2 Å². The molecule has 0 atom stereocenters. The Morgan fingerprint density at radius 3 is 2.50 bits per heavy atom. The molecular formula is C13H12F3N3O. The molecular weight excluding hydrogens is 271 g/mol. The van der Waals surface area contributed by atoms with Crippen LogP contribution in [0.5, 0.6) is 0 Å². The van der Waals surface area contributed by atoms with Gasteiger partial charge in [0.1, 0.15) is 6.54 Å². The van der Waals surface area contributed by atoms with E-state index in [2.05, 4.69) is 10.4 Å². The molecule has 0 aliphatic heterocycles. The first-order valence-electron chi connectivity index (χ1n) is 5.86. The number of carbonyl (C=O) groups excluding carboxylic acids is 1. The molecule has 106 valence electrons. The average Bonchev–Trinajstić information content (AvgIpc) is 2.86. The molecule has 1 heterocycles. The zero-order chi connectivity index (χ0) is 14.6. The van der Waals surface area contributed by atoms with Gasteiger partial charge in [-0.25, -0.2) is 0 Å². The second-order valence-electron chi connectivity index (χ2n) is 4.16. The van der Waals surface area contributed by atoms with E-state index in [0.29, 0.717) is 6.54 Å². The van der Waals surface area contributed by atoms with Gasteiger partial charge in [0.25, 0.3) is 0 Å². The van der Waals surface area contributed by atoms with E-state index in [0.717, 1.165) is 22.5 Å². The van der Waals surface area contributed by atoms with E-state index >= 15 is 0 Å². The van der Waals surface area contributed by atoms with Gasteiger partial charge in [0.05, 0.1) is 0 Å². The molecule has 0 saturated heterocycles. The van der Waals surface area contributed by atoms with Crippen molar-refractivity contribution in [2.75, 3.05) is 0 Å². The molecule has 1 N–H and O–H groups in total. The lowest BCUT2D eigenvalue weighted by atomic mass is 10.2. The van der Waals surface area contributed by atoms with Crippen LogP contribution in [0.25, 0.3) is 0 Å². The quantitative estimate of drug-likeness (QED) is 0.935. The van der Waals surface area contributed by atoms with Gasteiger partial charge in [0, 0.05) is 12.7 Å². The van der Waals surface area contributed by atoms with Crippen LogP contribution >= 0.6 is 0 Å². The first kappa shape index (κ1) is 14.1. The number of alkyl halides is 3. The highest BCUT2D eigenvalue weighted by molar-refractivity contribution is 5.75. The Morgan fingerprint density at radius 1 is 1.20 bits per heavy atom. The Balaban J connectivity index is 1.87. The summed E-state index contributed by atoms with van der Waals surface area (Å²) in [5.41, 5.74) is -0.0920. The van der Waals surface area contributed by atoms with Crippen molar-refractivity contribution in [2.24, 2.45) is 0 Å². The van der Waals surface area contributed by atoms with Crippen molar-refractivity contribution in [3.05, 3.63) is 53.9 Å². The summed E-state index contributed by atoms with van der Waals surface area (Å²) >= 11 is 0. The summed E-state index contributed by atoms with van der Waals surface area (Å²) in [6.07, 6.45) is -3.36. The highest BCUT2D eigenvalue weighted by Crippen LogP contribution is 2.27. The number of halogens is 3. The lowest BCUT2D eigenvalue weighted by molar-refractivity contribution is -0.141. The molecule has 0 unspecified atom stereocenters. The predicted octanol–water partition coefficient (Wildman–Crippen LogP) is 2.22. The van der Waals surface area contributed by atoms with E-state index in [1.54, 1.807) is 0 Å². The highest BCUT2D eigenvalue weighted by atomic mass is 19.4. The molecule has 0 saturated carbocycles. The van der Waals surface area contributed by atoms with Crippen molar-refractivity contribution in [1.82, 2.24) is 15.1 Å². The predicted molar refractivity (Wildman–Crippen MR) is 65.5 cm³/mol. The van der Waals surface area contributed by atoms with Crippen molar-refractivity contribution in [3.63, 3.8) is 0 Å². The minimum absolute atomic E-state index is 0.247. The monoisotopic (exact) mass is 283 g/mol. The third-order valence-electron chi connectivity index (χ3n) is 2.57. The Morgan fingerprint density at radius 2 is 1.90 bits per heavy atom. The van der Waals surface area contributed by atoms with E-state index < -0.39 is 17.8 Å². The molecule has 0 fully saturated rings. The van der Waals surface area contributed by atoms with E-state index in [9.17, 15) is 18.0 Å². The maximum absolute atomic E-state index is 12.3. The Kier molecular flexibility index (Phi) is 4.07. The molecule has 0 aliphatic carbocycles. The van der Waals surface area contributed by atoms with Gasteiger partial charge in [-0.3, -0.25) is 9.48 Å². The molecule has 1 aromatic heterocycles. The maximum Gasteiger partial charge on any atom is 0.435 e. The SMILES string of the molecule is O=C(Cn1ccc(C(F)(F)F)n1)NCc1ccccc1. The van der Waals surface area contributed by atoms with Crippen LogP contribution in [0, 0.1) is 0 Å². The van der Waals surface area contributed by atoms with Crippen molar-refractivity contribution >= 4 is 5.91 Å². The normalized spacial score (nSPS) is 11.3. The molecule has 2 rings (SSSR count). The Hall–Kier alpha value is -2.31. The first-order valence-corrected chi connectivity index (χ1v) is 5.86. The van der Waals surface area contributed by atoms with Crippen LogP contribution in [0.3, 0.4) is 0 Å². The number of benzene rings is 1. The van der Waals surface area contributed by atoms with Crippen molar-refractivity contribution < 1.29 is 18.0 Å². The molecule has 1 aromatic carbocycles. The van der Waals surface area contributed by atoms with Gasteiger partial charge < -0.3 is 5.32 Å². The molecule has 20 heavy (non-hydrogen) atoms. The highest BCUT2D eigenvalue weighted by Gasteiger charge is 2.33. The summed E-state index contributed by atoms with van der Waals surface area (Å²) in [4.78, 5) is 11.6. The summed E-state index contributed by atoms with van der Waals surface area (Å²) in [7, 11) is 0. The van der Waals surface area contributed by atoms with Gasteiger partial charge in [-0.05, 0) is 11.6 Å². The topological polar surface area (TPSA) is 46.9 Å². The molecule has 0 bridgehead atoms. The molecule has 2 aromatic rings. The van der Waals surface area contributed by atoms with E-state index in [1.165, 1.54) is 0 Å². The van der Waals surface area contributed by atoms with E-state index in [4.69, 9.17) is 0 Å². The second-order valence-corrected chi connectivity index (χ2v) is 4.16. The zero-order valence-electron chi connectivity index (χ0n) is 10.4. The van der Waals surface area contributed by atoms with Gasteiger partial charge >= 0.3 is 6.18 Å². The number of hydrogen-bond acceptors (Lipinski definition) is 2. The Labute approximate surface area is 113 Å². The van der Waals surface area contributed by atoms with Gasteiger partial charge in [0.2, 0.25) is 5.91 Å². The van der Waals surface area contributed by atoms with Gasteiger partial charge in [0.15, 0.2) is 5.69 Å². The van der Waals surface area contributed by atoms with E-state index in [-0.39, 0.29) is 6.54 Å². The minimum atomic E-state index is -4.49. The third kappa shape index (κ3) is 3.84. The van der Waals surface area contributed by atoms with Crippen LogP contribution in [-0.4, -0.2) is 15.7 Å². The van der Waals surface area contributed by atoms with Crippen LogP contribution in [0.15, 0.2) is 42.6 Å². The van der Waals surface area contributed by atoms with Gasteiger partial charge in [-0.1, -0.05) is 30.3 Å². The molecule has 0 spiro atoms. The number of aromatic nitrogens is 2. The second kappa shape index (κ2) is 5.77. The summed E-state index contributed by atoms with van der Waals surface area (Å²) in [6, 6.07) is 10.1. The summed E-state index contributed by atoms with van der Waals surface area (Å²) in [6.45, 7) is 0.0793. The van der Waals surface area contributed by atoms with Crippen LogP contribution in [0.2, 0.25) is 0 Å². The number of carbonyl (C=O) groups is 1. The van der Waals surface area contributed by atoms with Gasteiger partial charge in [-0.2, -0.15) is 18.3 Å². The Bertz CT molecular complexity index is 578. The van der Waals surface area contributed by atoms with Crippen molar-refractivity contribution in [3.8, 4) is 0 Å². The van der Waals surface area contributed by atoms with E-state index in [1.807, 2.05) is 30.3 Å². The van der Waals surface area contributed by atoms with Crippen LogP contribution < -0.4 is 5.32 Å². The number of hydrogen-bond donors (Lipinski definition) is 1. The number of nitrogens with zero attached hydrogens (tertiary/aromatic N) is 2. The minimum Gasteiger partial charge on any atom is -0.350 e. The number of nitrogens with one attached hydrogen (secondary N) is 1. The molecule has 0 aliphatic rings. The summed E-state index contributed by atoms with van der Waals surface area (Å²) in [5, 5.41) is 5.92. The average molecular weight is 283 g/mol. The molecule has 4 nitrogen and oxygen atoms in total. The molecule has 7 heteroatoms. The molecule has 1 amide bonds. The van der Waals surface area contributed by atoms with Crippen LogP contribution in [0.1, 0.15) is 11.3 Å². The largest absolute Gasteiger partial charge is 0.435 e. The maximum atomic E-state index is 12.3. The van der Waals surface area contributed by atoms with Crippen LogP contribution in [-0.2, 0) is 24.1 Å². The van der Waals surface area contributed by atoms with Crippen molar-refractivity contribution in [1.29, 1.82) is 0 Å². The van der Waals surface area contributed by atoms with Gasteiger partial charge in [-0.15, -0.1) is 0 Å². The van der Waals surface area contributed by atoms with Crippen molar-refractivity contribution in [2.45, 2.75) is 19.3 Å². The smallest absolute Gasteiger partial charge is 0.350 e. The summed E-state index contributed by atoms with van der Waals surface area (Å²) in [5.74, 6) is -0.398. The first-order chi connectivity index (χ1) is 9.45.